The molecule has 1 saturated carbocycles. The van der Waals surface area contributed by atoms with E-state index in [-0.39, 0.29) is 17.1 Å². The minimum absolute atomic E-state index is 0.188. The molecule has 5 rings (SSSR count). The van der Waals surface area contributed by atoms with Crippen molar-refractivity contribution in [1.82, 2.24) is 0 Å². The molecule has 0 amide bonds. The highest BCUT2D eigenvalue weighted by Crippen LogP contribution is 2.35. The van der Waals surface area contributed by atoms with E-state index >= 15 is 0 Å². The van der Waals surface area contributed by atoms with Gasteiger partial charge >= 0.3 is 0 Å². The van der Waals surface area contributed by atoms with Crippen molar-refractivity contribution in [3.63, 3.8) is 0 Å². The first-order valence-corrected chi connectivity index (χ1v) is 13.2. The van der Waals surface area contributed by atoms with Gasteiger partial charge in [-0.3, -0.25) is 0 Å². The molecule has 1 fully saturated rings. The Labute approximate surface area is 238 Å². The summed E-state index contributed by atoms with van der Waals surface area (Å²) in [6.07, 6.45) is 4.33. The number of para-hydroxylation sites is 1. The molecule has 0 spiro atoms. The Bertz CT molecular complexity index is 1410. The van der Waals surface area contributed by atoms with Gasteiger partial charge in [0.25, 0.3) is 0 Å². The number of aryl methyl sites for hydroxylation is 1. The molecule has 0 saturated heterocycles. The fraction of sp³-hybridized carbons (Fsp3) is 0.188. The Balaban J connectivity index is 0.000000250. The van der Waals surface area contributed by atoms with Gasteiger partial charge in [0.15, 0.2) is 0 Å². The number of benzene rings is 3. The van der Waals surface area contributed by atoms with Crippen molar-refractivity contribution < 1.29 is 18.3 Å². The second-order valence-corrected chi connectivity index (χ2v) is 9.98. The molecule has 0 atom stereocenters. The normalized spacial score (nSPS) is 12.0. The number of furan rings is 1. The Kier molecular flexibility index (Phi) is 10.8. The van der Waals surface area contributed by atoms with Gasteiger partial charge in [0.05, 0.1) is 5.70 Å². The summed E-state index contributed by atoms with van der Waals surface area (Å²) in [5.41, 5.74) is 3.18. The van der Waals surface area contributed by atoms with Gasteiger partial charge in [0.1, 0.15) is 34.6 Å². The third-order valence-electron chi connectivity index (χ3n) is 6.12. The third kappa shape index (κ3) is 8.74. The lowest BCUT2D eigenvalue weighted by Gasteiger charge is -2.09. The molecule has 39 heavy (non-hydrogen) atoms. The summed E-state index contributed by atoms with van der Waals surface area (Å²) in [5, 5.41) is 13.7. The average Bonchev–Trinajstić information content (AvgIpc) is 3.61. The van der Waals surface area contributed by atoms with Crippen molar-refractivity contribution >= 4 is 34.6 Å². The first-order valence-electron chi connectivity index (χ1n) is 12.4. The molecule has 3 aromatic carbocycles. The van der Waals surface area contributed by atoms with Crippen molar-refractivity contribution in [3.05, 3.63) is 136 Å². The molecule has 1 heterocycles. The molecule has 0 aliphatic heterocycles. The molecule has 3 nitrogen and oxygen atoms in total. The smallest absolute Gasteiger partial charge is 0.149 e. The number of halogens is 4. The zero-order valence-electron chi connectivity index (χ0n) is 21.7. The topological polar surface area (TPSA) is 45.4 Å². The van der Waals surface area contributed by atoms with Crippen LogP contribution in [0.15, 0.2) is 90.9 Å². The number of nitrogens with one attached hydrogen (secondary N) is 1. The van der Waals surface area contributed by atoms with Gasteiger partial charge in [0, 0.05) is 16.5 Å². The van der Waals surface area contributed by atoms with Gasteiger partial charge in [-0.15, -0.1) is 13.2 Å². The summed E-state index contributed by atoms with van der Waals surface area (Å²) in [7, 11) is 0. The van der Waals surface area contributed by atoms with Crippen LogP contribution in [-0.4, -0.2) is 5.11 Å². The number of rotatable bonds is 7. The van der Waals surface area contributed by atoms with Crippen LogP contribution in [-0.2, 0) is 12.8 Å². The maximum atomic E-state index is 13.7. The summed E-state index contributed by atoms with van der Waals surface area (Å²) < 4.78 is 33.1. The monoisotopic (exact) mass is 569 g/mol. The minimum Gasteiger partial charge on any atom is -0.508 e. The van der Waals surface area contributed by atoms with Crippen molar-refractivity contribution in [1.29, 1.82) is 0 Å². The summed E-state index contributed by atoms with van der Waals surface area (Å²) in [6, 6.07) is 18.0. The van der Waals surface area contributed by atoms with Crippen molar-refractivity contribution in [2.45, 2.75) is 32.6 Å². The maximum Gasteiger partial charge on any atom is 0.149 e. The van der Waals surface area contributed by atoms with Gasteiger partial charge in [-0.2, -0.15) is 0 Å². The number of anilines is 1. The highest BCUT2D eigenvalue weighted by molar-refractivity contribution is 6.35. The number of hydrogen-bond donors (Lipinski definition) is 2. The van der Waals surface area contributed by atoms with Gasteiger partial charge in [-0.25, -0.2) is 8.78 Å². The SMILES string of the molecule is C=C.C=C(Nc1c(F)cccc1F)c1ccc(Cc2cc(O)ccc2C)o1.Clc1ccc(CC2CC2)c(Cl)c1. The van der Waals surface area contributed by atoms with Crippen LogP contribution < -0.4 is 5.32 Å². The Morgan fingerprint density at radius 2 is 1.67 bits per heavy atom. The summed E-state index contributed by atoms with van der Waals surface area (Å²) in [5.74, 6) is 0.694. The third-order valence-corrected chi connectivity index (χ3v) is 6.70. The standard InChI is InChI=1S/C20H17F2NO2.C10H10Cl2.C2H4/c1-12-6-7-15(24)10-14(12)11-16-8-9-19(25-16)13(2)23-20-17(21)4-3-5-18(20)22;11-9-4-3-8(10(12)6-9)5-7-1-2-7;1-2/h3-10,23-24H,2,11H2,1H3;3-4,6-7H,1-2,5H2;1-2H2. The first-order chi connectivity index (χ1) is 18.7. The number of aromatic hydroxyl groups is 1. The molecule has 204 valence electrons. The second-order valence-electron chi connectivity index (χ2n) is 9.14. The molecule has 7 heteroatoms. The number of hydrogen-bond acceptors (Lipinski definition) is 3. The van der Waals surface area contributed by atoms with E-state index in [1.54, 1.807) is 24.3 Å². The summed E-state index contributed by atoms with van der Waals surface area (Å²) in [6.45, 7) is 11.7. The van der Waals surface area contributed by atoms with E-state index in [9.17, 15) is 13.9 Å². The Morgan fingerprint density at radius 1 is 0.974 bits per heavy atom. The molecule has 1 aliphatic carbocycles. The van der Waals surface area contributed by atoms with Crippen LogP contribution in [0.25, 0.3) is 5.70 Å². The van der Waals surface area contributed by atoms with Crippen LogP contribution in [0.3, 0.4) is 0 Å². The number of phenols is 1. The van der Waals surface area contributed by atoms with Crippen LogP contribution in [0.1, 0.15) is 41.1 Å². The molecule has 1 aromatic heterocycles. The molecule has 0 bridgehead atoms. The van der Waals surface area contributed by atoms with Crippen LogP contribution in [0.2, 0.25) is 10.0 Å². The molecular formula is C32H31Cl2F2NO2. The molecule has 1 aliphatic rings. The van der Waals surface area contributed by atoms with E-state index in [0.29, 0.717) is 17.9 Å². The average molecular weight is 571 g/mol. The molecule has 0 unspecified atom stereocenters. The second kappa shape index (κ2) is 14.0. The predicted molar refractivity (Wildman–Crippen MR) is 158 cm³/mol. The van der Waals surface area contributed by atoms with Gasteiger partial charge in [-0.05, 0) is 97.3 Å². The highest BCUT2D eigenvalue weighted by atomic mass is 35.5. The van der Waals surface area contributed by atoms with E-state index in [2.05, 4.69) is 25.1 Å². The molecule has 0 radical (unpaired) electrons. The van der Waals surface area contributed by atoms with Crippen molar-refractivity contribution in [2.75, 3.05) is 5.32 Å². The highest BCUT2D eigenvalue weighted by Gasteiger charge is 2.22. The van der Waals surface area contributed by atoms with Crippen LogP contribution >= 0.6 is 23.2 Å². The van der Waals surface area contributed by atoms with E-state index in [0.717, 1.165) is 45.6 Å². The van der Waals surface area contributed by atoms with Gasteiger partial charge in [0.2, 0.25) is 0 Å². The van der Waals surface area contributed by atoms with E-state index < -0.39 is 11.6 Å². The number of phenolic OH excluding ortho intramolecular Hbond substituents is 1. The Hall–Kier alpha value is -3.54. The van der Waals surface area contributed by atoms with Crippen molar-refractivity contribution in [3.8, 4) is 5.75 Å². The van der Waals surface area contributed by atoms with Crippen molar-refractivity contribution in [2.24, 2.45) is 5.92 Å². The van der Waals surface area contributed by atoms with Crippen LogP contribution in [0, 0.1) is 24.5 Å². The molecular weight excluding hydrogens is 539 g/mol. The van der Waals surface area contributed by atoms with Gasteiger partial charge < -0.3 is 14.8 Å². The molecule has 4 aromatic rings. The van der Waals surface area contributed by atoms with E-state index in [4.69, 9.17) is 27.6 Å². The quantitative estimate of drug-likeness (QED) is 0.217. The fourth-order valence-electron chi connectivity index (χ4n) is 3.82. The zero-order valence-corrected chi connectivity index (χ0v) is 23.3. The lowest BCUT2D eigenvalue weighted by atomic mass is 10.0. The van der Waals surface area contributed by atoms with E-state index in [1.807, 2.05) is 31.2 Å². The van der Waals surface area contributed by atoms with Crippen LogP contribution in [0.4, 0.5) is 14.5 Å². The van der Waals surface area contributed by atoms with Gasteiger partial charge in [-0.1, -0.05) is 48.0 Å². The lowest BCUT2D eigenvalue weighted by Crippen LogP contribution is -2.01. The Morgan fingerprint density at radius 3 is 2.31 bits per heavy atom. The molecule has 2 N–H and O–H groups in total. The largest absolute Gasteiger partial charge is 0.508 e. The summed E-state index contributed by atoms with van der Waals surface area (Å²) in [4.78, 5) is 0. The van der Waals surface area contributed by atoms with Crippen LogP contribution in [0.5, 0.6) is 5.75 Å². The zero-order chi connectivity index (χ0) is 28.5. The first kappa shape index (κ1) is 30.0. The lowest BCUT2D eigenvalue weighted by molar-refractivity contribution is 0.473. The van der Waals surface area contributed by atoms with E-state index in [1.165, 1.54) is 24.5 Å². The predicted octanol–water partition coefficient (Wildman–Crippen LogP) is 9.99. The maximum absolute atomic E-state index is 13.7. The minimum atomic E-state index is -0.705. The fourth-order valence-corrected chi connectivity index (χ4v) is 4.31. The summed E-state index contributed by atoms with van der Waals surface area (Å²) >= 11 is 11.8.